The van der Waals surface area contributed by atoms with Gasteiger partial charge in [0.15, 0.2) is 0 Å². The number of hydrogen-bond acceptors (Lipinski definition) is 5. The third-order valence-corrected chi connectivity index (χ3v) is 6.35. The highest BCUT2D eigenvalue weighted by Crippen LogP contribution is 2.29. The minimum atomic E-state index is -0.425. The number of pyridine rings is 2. The number of aryl methyl sites for hydroxylation is 1. The van der Waals surface area contributed by atoms with Crippen LogP contribution in [0.4, 0.5) is 5.69 Å². The Morgan fingerprint density at radius 1 is 0.889 bits per heavy atom. The molecule has 6 nitrogen and oxygen atoms in total. The number of rotatable bonds is 3. The molecule has 0 unspecified atom stereocenters. The van der Waals surface area contributed by atoms with Gasteiger partial charge in [0.1, 0.15) is 16.0 Å². The number of methoxy groups -OCH3 is 1. The zero-order chi connectivity index (χ0) is 25.5. The number of esters is 1. The molecule has 5 rings (SSSR count). The molecule has 0 saturated heterocycles. The maximum Gasteiger partial charge on any atom is 0.356 e. The third-order valence-electron chi connectivity index (χ3n) is 5.58. The monoisotopic (exact) mass is 563 g/mol. The van der Waals surface area contributed by atoms with E-state index in [2.05, 4.69) is 36.7 Å². The molecule has 3 heterocycles. The highest BCUT2D eigenvalue weighted by Gasteiger charge is 2.24. The molecule has 8 heteroatoms. The lowest BCUT2D eigenvalue weighted by molar-refractivity contribution is 0.0593. The van der Waals surface area contributed by atoms with Gasteiger partial charge in [-0.2, -0.15) is 0 Å². The van der Waals surface area contributed by atoms with Crippen molar-refractivity contribution < 1.29 is 14.3 Å². The van der Waals surface area contributed by atoms with Crippen LogP contribution in [-0.2, 0) is 11.2 Å². The Morgan fingerprint density at radius 3 is 2.39 bits per heavy atom. The smallest absolute Gasteiger partial charge is 0.356 e. The van der Waals surface area contributed by atoms with Crippen molar-refractivity contribution in [2.75, 3.05) is 18.6 Å². The number of benzene rings is 2. The highest BCUT2D eigenvalue weighted by atomic mass is 79.9. The molecule has 2 aromatic heterocycles. The van der Waals surface area contributed by atoms with Gasteiger partial charge >= 0.3 is 5.97 Å². The van der Waals surface area contributed by atoms with Gasteiger partial charge in [0.05, 0.1) is 12.8 Å². The molecule has 1 amide bonds. The Kier molecular flexibility index (Phi) is 8.46. The molecule has 0 atom stereocenters. The number of ether oxygens (including phenoxy) is 1. The molecular formula is C28H23BrClN3O3. The fourth-order valence-corrected chi connectivity index (χ4v) is 4.46. The molecule has 182 valence electrons. The predicted octanol–water partition coefficient (Wildman–Crippen LogP) is 6.63. The molecule has 0 N–H and O–H groups in total. The maximum atomic E-state index is 13.1. The SMILES string of the molecule is COC(=O)c1cccc(Br)n1.O=C(c1cccc(-c2ccccc2Cl)n1)N1CCCc2ccccc21. The summed E-state index contributed by atoms with van der Waals surface area (Å²) in [4.78, 5) is 34.2. The second kappa shape index (κ2) is 11.9. The molecule has 0 fully saturated rings. The molecule has 4 aromatic rings. The summed E-state index contributed by atoms with van der Waals surface area (Å²) in [7, 11) is 1.32. The van der Waals surface area contributed by atoms with Gasteiger partial charge < -0.3 is 9.64 Å². The predicted molar refractivity (Wildman–Crippen MR) is 144 cm³/mol. The van der Waals surface area contributed by atoms with E-state index < -0.39 is 5.97 Å². The number of nitrogens with zero attached hydrogens (tertiary/aromatic N) is 3. The normalized spacial score (nSPS) is 12.1. The van der Waals surface area contributed by atoms with Gasteiger partial charge in [-0.15, -0.1) is 0 Å². The van der Waals surface area contributed by atoms with Crippen LogP contribution in [0, 0.1) is 0 Å². The first-order valence-electron chi connectivity index (χ1n) is 11.3. The summed E-state index contributed by atoms with van der Waals surface area (Å²) in [6, 6.07) is 26.2. The van der Waals surface area contributed by atoms with Gasteiger partial charge in [-0.3, -0.25) is 4.79 Å². The zero-order valence-corrected chi connectivity index (χ0v) is 21.9. The largest absolute Gasteiger partial charge is 0.464 e. The Morgan fingerprint density at radius 2 is 1.61 bits per heavy atom. The number of anilines is 1. The number of carbonyl (C=O) groups is 2. The van der Waals surface area contributed by atoms with Crippen LogP contribution in [0.1, 0.15) is 33.0 Å². The maximum absolute atomic E-state index is 13.1. The average molecular weight is 565 g/mol. The molecule has 0 bridgehead atoms. The molecular weight excluding hydrogens is 542 g/mol. The molecule has 0 spiro atoms. The van der Waals surface area contributed by atoms with Crippen LogP contribution in [-0.4, -0.2) is 35.5 Å². The summed E-state index contributed by atoms with van der Waals surface area (Å²) in [5.74, 6) is -0.493. The Balaban J connectivity index is 0.000000233. The standard InChI is InChI=1S/C21H17ClN2O.C7H6BrNO2/c22-17-10-3-2-9-16(17)18-11-5-12-19(23-18)21(25)24-14-6-8-15-7-1-4-13-20(15)24;1-11-7(10)5-3-2-4-6(8)9-5/h1-5,7,9-13H,6,8,14H2;2-4H,1H3. The van der Waals surface area contributed by atoms with E-state index in [1.54, 1.807) is 24.3 Å². The van der Waals surface area contributed by atoms with Crippen LogP contribution in [0.3, 0.4) is 0 Å². The lowest BCUT2D eigenvalue weighted by Crippen LogP contribution is -2.35. The van der Waals surface area contributed by atoms with E-state index in [0.717, 1.165) is 24.1 Å². The van der Waals surface area contributed by atoms with Gasteiger partial charge in [0, 0.05) is 22.8 Å². The molecule has 2 aromatic carbocycles. The van der Waals surface area contributed by atoms with Crippen molar-refractivity contribution in [2.24, 2.45) is 0 Å². The van der Waals surface area contributed by atoms with E-state index in [1.165, 1.54) is 12.7 Å². The molecule has 36 heavy (non-hydrogen) atoms. The zero-order valence-electron chi connectivity index (χ0n) is 19.5. The second-order valence-corrected chi connectivity index (χ2v) is 9.13. The van der Waals surface area contributed by atoms with Crippen molar-refractivity contribution in [1.82, 2.24) is 9.97 Å². The van der Waals surface area contributed by atoms with Crippen LogP contribution in [0.25, 0.3) is 11.3 Å². The van der Waals surface area contributed by atoms with Crippen molar-refractivity contribution in [3.05, 3.63) is 112 Å². The van der Waals surface area contributed by atoms with Crippen molar-refractivity contribution in [3.63, 3.8) is 0 Å². The van der Waals surface area contributed by atoms with Crippen LogP contribution < -0.4 is 4.90 Å². The van der Waals surface area contributed by atoms with Gasteiger partial charge in [-0.25, -0.2) is 14.8 Å². The summed E-state index contributed by atoms with van der Waals surface area (Å²) in [5, 5.41) is 0.628. The van der Waals surface area contributed by atoms with Crippen LogP contribution in [0.2, 0.25) is 5.02 Å². The number of halogens is 2. The summed E-state index contributed by atoms with van der Waals surface area (Å²) in [6.07, 6.45) is 1.97. The summed E-state index contributed by atoms with van der Waals surface area (Å²) < 4.78 is 5.09. The van der Waals surface area contributed by atoms with Crippen molar-refractivity contribution >= 4 is 45.1 Å². The quantitative estimate of drug-likeness (QED) is 0.206. The second-order valence-electron chi connectivity index (χ2n) is 7.91. The molecule has 1 aliphatic heterocycles. The topological polar surface area (TPSA) is 72.4 Å². The number of para-hydroxylation sites is 1. The molecule has 0 saturated carbocycles. The lowest BCUT2D eigenvalue weighted by Gasteiger charge is -2.29. The van der Waals surface area contributed by atoms with Gasteiger partial charge in [0.25, 0.3) is 5.91 Å². The van der Waals surface area contributed by atoms with Crippen molar-refractivity contribution in [2.45, 2.75) is 12.8 Å². The molecule has 1 aliphatic rings. The van der Waals surface area contributed by atoms with E-state index in [4.69, 9.17) is 11.6 Å². The number of amides is 1. The van der Waals surface area contributed by atoms with E-state index in [9.17, 15) is 9.59 Å². The fraction of sp³-hybridized carbons (Fsp3) is 0.143. The van der Waals surface area contributed by atoms with Gasteiger partial charge in [-0.05, 0) is 70.7 Å². The fourth-order valence-electron chi connectivity index (χ4n) is 3.88. The van der Waals surface area contributed by atoms with Gasteiger partial charge in [0.2, 0.25) is 0 Å². The Bertz CT molecular complexity index is 1400. The van der Waals surface area contributed by atoms with Crippen LogP contribution in [0.15, 0.2) is 89.5 Å². The van der Waals surface area contributed by atoms with E-state index in [1.807, 2.05) is 59.5 Å². The van der Waals surface area contributed by atoms with Crippen molar-refractivity contribution in [3.8, 4) is 11.3 Å². The minimum Gasteiger partial charge on any atom is -0.464 e. The average Bonchev–Trinajstić information content (AvgIpc) is 2.92. The van der Waals surface area contributed by atoms with Crippen LogP contribution in [0.5, 0.6) is 0 Å². The first-order chi connectivity index (χ1) is 17.5. The first kappa shape index (κ1) is 25.5. The summed E-state index contributed by atoms with van der Waals surface area (Å²) >= 11 is 9.41. The molecule has 0 aliphatic carbocycles. The number of fused-ring (bicyclic) bond motifs is 1. The number of carbonyl (C=O) groups excluding carboxylic acids is 2. The highest BCUT2D eigenvalue weighted by molar-refractivity contribution is 9.10. The minimum absolute atomic E-state index is 0.0685. The number of hydrogen-bond donors (Lipinski definition) is 0. The molecule has 0 radical (unpaired) electrons. The van der Waals surface area contributed by atoms with E-state index in [-0.39, 0.29) is 5.91 Å². The Labute approximate surface area is 223 Å². The van der Waals surface area contributed by atoms with E-state index in [0.29, 0.717) is 33.3 Å². The third kappa shape index (κ3) is 5.98. The van der Waals surface area contributed by atoms with Gasteiger partial charge in [-0.1, -0.05) is 60.1 Å². The number of aromatic nitrogens is 2. The first-order valence-corrected chi connectivity index (χ1v) is 12.5. The van der Waals surface area contributed by atoms with E-state index >= 15 is 0 Å². The lowest BCUT2D eigenvalue weighted by atomic mass is 10.0. The van der Waals surface area contributed by atoms with Crippen molar-refractivity contribution in [1.29, 1.82) is 0 Å². The summed E-state index contributed by atoms with van der Waals surface area (Å²) in [5.41, 5.74) is 4.49. The summed E-state index contributed by atoms with van der Waals surface area (Å²) in [6.45, 7) is 0.716. The van der Waals surface area contributed by atoms with Crippen LogP contribution >= 0.6 is 27.5 Å². The Hall–Kier alpha value is -3.55.